The van der Waals surface area contributed by atoms with Crippen LogP contribution in [0.15, 0.2) is 36.4 Å². The van der Waals surface area contributed by atoms with Crippen molar-refractivity contribution in [1.29, 1.82) is 0 Å². The average Bonchev–Trinajstić information content (AvgIpc) is 2.63. The van der Waals surface area contributed by atoms with Gasteiger partial charge in [-0.3, -0.25) is 9.69 Å². The molecular formula is C20H22ClF3N2O2. The fourth-order valence-corrected chi connectivity index (χ4v) is 2.99. The number of rotatable bonds is 8. The van der Waals surface area contributed by atoms with E-state index in [4.69, 9.17) is 22.1 Å². The second-order valence-electron chi connectivity index (χ2n) is 6.53. The molecular weight excluding hydrogens is 393 g/mol. The number of alkyl halides is 3. The molecule has 0 radical (unpaired) electrons. The van der Waals surface area contributed by atoms with Gasteiger partial charge < -0.3 is 10.5 Å². The van der Waals surface area contributed by atoms with Gasteiger partial charge in [-0.05, 0) is 56.3 Å². The first-order valence-corrected chi connectivity index (χ1v) is 9.00. The first-order chi connectivity index (χ1) is 13.1. The average molecular weight is 415 g/mol. The maximum absolute atomic E-state index is 13.0. The minimum Gasteiger partial charge on any atom is -0.497 e. The Bertz CT molecular complexity index is 823. The van der Waals surface area contributed by atoms with Crippen molar-refractivity contribution in [3.63, 3.8) is 0 Å². The maximum Gasteiger partial charge on any atom is 0.418 e. The summed E-state index contributed by atoms with van der Waals surface area (Å²) in [5.41, 5.74) is 4.77. The number of aryl methyl sites for hydroxylation is 1. The highest BCUT2D eigenvalue weighted by Gasteiger charge is 2.34. The summed E-state index contributed by atoms with van der Waals surface area (Å²) < 4.78 is 44.2. The lowest BCUT2D eigenvalue weighted by Crippen LogP contribution is -2.27. The molecule has 0 saturated carbocycles. The van der Waals surface area contributed by atoms with Gasteiger partial charge in [0.1, 0.15) is 5.75 Å². The van der Waals surface area contributed by atoms with Crippen LogP contribution in [-0.2, 0) is 12.6 Å². The van der Waals surface area contributed by atoms with Crippen molar-refractivity contribution < 1.29 is 22.7 Å². The van der Waals surface area contributed by atoms with Crippen LogP contribution in [0.2, 0.25) is 5.02 Å². The van der Waals surface area contributed by atoms with Crippen LogP contribution < -0.4 is 10.5 Å². The molecule has 0 aliphatic heterocycles. The molecule has 0 spiro atoms. The summed E-state index contributed by atoms with van der Waals surface area (Å²) in [5.74, 6) is 0.339. The monoisotopic (exact) mass is 414 g/mol. The number of hydrogen-bond acceptors (Lipinski definition) is 4. The van der Waals surface area contributed by atoms with Crippen molar-refractivity contribution in [3.05, 3.63) is 58.1 Å². The number of ether oxygens (including phenoxy) is 1. The fraction of sp³-hybridized carbons (Fsp3) is 0.350. The molecule has 0 unspecified atom stereocenters. The summed E-state index contributed by atoms with van der Waals surface area (Å²) in [4.78, 5) is 14.1. The summed E-state index contributed by atoms with van der Waals surface area (Å²) in [6, 6.07) is 9.64. The van der Waals surface area contributed by atoms with E-state index in [0.29, 0.717) is 6.54 Å². The largest absolute Gasteiger partial charge is 0.497 e. The van der Waals surface area contributed by atoms with Crippen LogP contribution in [0.1, 0.15) is 27.9 Å². The molecule has 0 aliphatic carbocycles. The molecule has 0 heterocycles. The number of carbonyl (C=O) groups excluding carboxylic acids is 1. The van der Waals surface area contributed by atoms with Gasteiger partial charge in [0.15, 0.2) is 5.78 Å². The number of halogens is 4. The Morgan fingerprint density at radius 1 is 1.21 bits per heavy atom. The third kappa shape index (κ3) is 5.87. The highest BCUT2D eigenvalue weighted by atomic mass is 35.5. The van der Waals surface area contributed by atoms with Crippen LogP contribution in [0.25, 0.3) is 0 Å². The molecule has 2 N–H and O–H groups in total. The third-order valence-corrected chi connectivity index (χ3v) is 4.65. The van der Waals surface area contributed by atoms with E-state index < -0.39 is 23.2 Å². The molecule has 0 amide bonds. The second-order valence-corrected chi connectivity index (χ2v) is 6.94. The zero-order chi connectivity index (χ0) is 20.9. The molecule has 8 heteroatoms. The van der Waals surface area contributed by atoms with Crippen LogP contribution in [0.5, 0.6) is 5.75 Å². The van der Waals surface area contributed by atoms with Gasteiger partial charge in [-0.25, -0.2) is 0 Å². The second kappa shape index (κ2) is 9.30. The number of nitrogen functional groups attached to an aromatic ring is 1. The Balaban J connectivity index is 1.93. The molecule has 2 rings (SSSR count). The fourth-order valence-electron chi connectivity index (χ4n) is 2.77. The molecule has 0 fully saturated rings. The SMILES string of the molecule is COc1ccc(CCCN(C)CC(=O)c2cc(Cl)c(N)c(C(F)(F)F)c2)cc1. The van der Waals surface area contributed by atoms with Crippen LogP contribution in [0.3, 0.4) is 0 Å². The molecule has 0 atom stereocenters. The highest BCUT2D eigenvalue weighted by molar-refractivity contribution is 6.33. The Morgan fingerprint density at radius 2 is 1.86 bits per heavy atom. The Morgan fingerprint density at radius 3 is 2.43 bits per heavy atom. The number of ketones is 1. The lowest BCUT2D eigenvalue weighted by molar-refractivity contribution is -0.136. The number of likely N-dealkylation sites (N-methyl/N-ethyl adjacent to an activating group) is 1. The Labute approximate surface area is 167 Å². The minimum absolute atomic E-state index is 0.0137. The van der Waals surface area contributed by atoms with Gasteiger partial charge in [0.05, 0.1) is 29.9 Å². The maximum atomic E-state index is 13.0. The van der Waals surface area contributed by atoms with Gasteiger partial charge in [-0.15, -0.1) is 0 Å². The van der Waals surface area contributed by atoms with Crippen molar-refractivity contribution >= 4 is 23.1 Å². The normalized spacial score (nSPS) is 11.7. The molecule has 28 heavy (non-hydrogen) atoms. The predicted molar refractivity (Wildman–Crippen MR) is 104 cm³/mol. The highest BCUT2D eigenvalue weighted by Crippen LogP contribution is 2.37. The molecule has 2 aromatic carbocycles. The number of nitrogens with two attached hydrogens (primary N) is 1. The van der Waals surface area contributed by atoms with Crippen molar-refractivity contribution in [1.82, 2.24) is 4.90 Å². The Kier molecular flexibility index (Phi) is 7.32. The van der Waals surface area contributed by atoms with Crippen LogP contribution >= 0.6 is 11.6 Å². The summed E-state index contributed by atoms with van der Waals surface area (Å²) in [6.45, 7) is 0.604. The van der Waals surface area contributed by atoms with Gasteiger partial charge in [0.25, 0.3) is 0 Å². The number of carbonyl (C=O) groups is 1. The lowest BCUT2D eigenvalue weighted by atomic mass is 10.0. The van der Waals surface area contributed by atoms with E-state index in [1.54, 1.807) is 19.1 Å². The molecule has 0 aliphatic rings. The molecule has 2 aromatic rings. The lowest BCUT2D eigenvalue weighted by Gasteiger charge is -2.17. The van der Waals surface area contributed by atoms with E-state index in [1.165, 1.54) is 6.07 Å². The number of hydrogen-bond donors (Lipinski definition) is 1. The van der Waals surface area contributed by atoms with Crippen LogP contribution in [0, 0.1) is 0 Å². The first kappa shape index (κ1) is 22.0. The summed E-state index contributed by atoms with van der Waals surface area (Å²) in [6.07, 6.45) is -3.06. The van der Waals surface area contributed by atoms with Gasteiger partial charge >= 0.3 is 6.18 Å². The van der Waals surface area contributed by atoms with Crippen molar-refractivity contribution in [2.24, 2.45) is 0 Å². The van der Waals surface area contributed by atoms with Crippen molar-refractivity contribution in [3.8, 4) is 5.75 Å². The quantitative estimate of drug-likeness (QED) is 0.502. The van der Waals surface area contributed by atoms with Crippen molar-refractivity contribution in [2.75, 3.05) is 33.0 Å². The van der Waals surface area contributed by atoms with Gasteiger partial charge in [0.2, 0.25) is 0 Å². The molecule has 152 valence electrons. The summed E-state index contributed by atoms with van der Waals surface area (Å²) >= 11 is 5.78. The molecule has 4 nitrogen and oxygen atoms in total. The van der Waals surface area contributed by atoms with Gasteiger partial charge in [0, 0.05) is 5.56 Å². The van der Waals surface area contributed by atoms with Crippen LogP contribution in [0.4, 0.5) is 18.9 Å². The van der Waals surface area contributed by atoms with E-state index in [-0.39, 0.29) is 17.1 Å². The first-order valence-electron chi connectivity index (χ1n) is 8.62. The third-order valence-electron chi connectivity index (χ3n) is 4.33. The number of benzene rings is 2. The number of nitrogens with zero attached hydrogens (tertiary/aromatic N) is 1. The zero-order valence-corrected chi connectivity index (χ0v) is 16.4. The van der Waals surface area contributed by atoms with E-state index in [1.807, 2.05) is 24.3 Å². The van der Waals surface area contributed by atoms with Gasteiger partial charge in [-0.1, -0.05) is 23.7 Å². The summed E-state index contributed by atoms with van der Waals surface area (Å²) in [7, 11) is 3.35. The molecule has 0 aromatic heterocycles. The van der Waals surface area contributed by atoms with E-state index in [9.17, 15) is 18.0 Å². The minimum atomic E-state index is -4.67. The molecule has 0 saturated heterocycles. The van der Waals surface area contributed by atoms with Crippen molar-refractivity contribution in [2.45, 2.75) is 19.0 Å². The predicted octanol–water partition coefficient (Wildman–Crippen LogP) is 4.70. The van der Waals surface area contributed by atoms with E-state index in [2.05, 4.69) is 0 Å². The van der Waals surface area contributed by atoms with Crippen LogP contribution in [-0.4, -0.2) is 37.9 Å². The zero-order valence-electron chi connectivity index (χ0n) is 15.6. The number of methoxy groups -OCH3 is 1. The standard InChI is InChI=1S/C20H22ClF3N2O2/c1-26(9-3-4-13-5-7-15(28-2)8-6-13)12-18(27)14-10-16(20(22,23)24)19(25)17(21)11-14/h5-8,10-11H,3-4,9,12,25H2,1-2H3. The topological polar surface area (TPSA) is 55.6 Å². The molecule has 0 bridgehead atoms. The Hall–Kier alpha value is -2.25. The van der Waals surface area contributed by atoms with Gasteiger partial charge in [-0.2, -0.15) is 13.2 Å². The van der Waals surface area contributed by atoms with E-state index in [0.717, 1.165) is 30.2 Å². The smallest absolute Gasteiger partial charge is 0.418 e. The summed E-state index contributed by atoms with van der Waals surface area (Å²) in [5, 5.41) is -0.277. The number of anilines is 1. The number of Topliss-reactive ketones (excluding diaryl/α,β-unsaturated/α-hetero) is 1. The van der Waals surface area contributed by atoms with E-state index >= 15 is 0 Å².